The molecule has 2 heterocycles. The van der Waals surface area contributed by atoms with Crippen LogP contribution in [0, 0.1) is 6.92 Å². The molecular weight excluding hydrogens is 368 g/mol. The van der Waals surface area contributed by atoms with Gasteiger partial charge in [-0.25, -0.2) is 4.98 Å². The molecule has 4 aromatic rings. The highest BCUT2D eigenvalue weighted by Crippen LogP contribution is 2.37. The molecule has 0 fully saturated rings. The molecule has 0 N–H and O–H groups in total. The van der Waals surface area contributed by atoms with Gasteiger partial charge in [0.25, 0.3) is 5.91 Å². The van der Waals surface area contributed by atoms with Gasteiger partial charge in [-0.1, -0.05) is 42.5 Å². The third-order valence-electron chi connectivity index (χ3n) is 5.03. The number of anilines is 1. The van der Waals surface area contributed by atoms with Crippen molar-refractivity contribution in [3.63, 3.8) is 0 Å². The van der Waals surface area contributed by atoms with Crippen molar-refractivity contribution in [3.05, 3.63) is 76.6 Å². The second-order valence-corrected chi connectivity index (χ2v) is 7.90. The lowest BCUT2D eigenvalue weighted by molar-refractivity contribution is -0.121. The van der Waals surface area contributed by atoms with E-state index in [1.165, 1.54) is 5.39 Å². The SMILES string of the molecule is Cc1nc(-c2ccc3c(c2)N(Cc2cccc4ccccc24)C(=O)CO3)cs1. The summed E-state index contributed by atoms with van der Waals surface area (Å²) in [6.07, 6.45) is 0. The number of ether oxygens (including phenoxy) is 1. The zero-order valence-electron chi connectivity index (χ0n) is 15.4. The van der Waals surface area contributed by atoms with Crippen molar-refractivity contribution in [3.8, 4) is 17.0 Å². The average Bonchev–Trinajstić information content (AvgIpc) is 3.16. The van der Waals surface area contributed by atoms with Crippen LogP contribution in [0.2, 0.25) is 0 Å². The molecule has 1 aliphatic rings. The Morgan fingerprint density at radius 2 is 1.96 bits per heavy atom. The van der Waals surface area contributed by atoms with Crippen molar-refractivity contribution in [2.24, 2.45) is 0 Å². The number of thiazole rings is 1. The van der Waals surface area contributed by atoms with Crippen molar-refractivity contribution in [1.82, 2.24) is 4.98 Å². The molecule has 0 saturated heterocycles. The van der Waals surface area contributed by atoms with Gasteiger partial charge in [0.1, 0.15) is 5.75 Å². The molecular formula is C23H18N2O2S. The van der Waals surface area contributed by atoms with Crippen LogP contribution in [0.1, 0.15) is 10.6 Å². The van der Waals surface area contributed by atoms with Gasteiger partial charge in [-0.3, -0.25) is 4.79 Å². The fourth-order valence-corrected chi connectivity index (χ4v) is 4.25. The van der Waals surface area contributed by atoms with Crippen molar-refractivity contribution in [2.75, 3.05) is 11.5 Å². The first-order chi connectivity index (χ1) is 13.7. The third-order valence-corrected chi connectivity index (χ3v) is 5.80. The highest BCUT2D eigenvalue weighted by Gasteiger charge is 2.26. The minimum Gasteiger partial charge on any atom is -0.482 e. The zero-order chi connectivity index (χ0) is 19.1. The Morgan fingerprint density at radius 1 is 1.11 bits per heavy atom. The van der Waals surface area contributed by atoms with Crippen LogP contribution in [-0.2, 0) is 11.3 Å². The lowest BCUT2D eigenvalue weighted by Gasteiger charge is -2.30. The number of nitrogens with zero attached hydrogens (tertiary/aromatic N) is 2. The van der Waals surface area contributed by atoms with E-state index in [0.29, 0.717) is 6.54 Å². The molecule has 0 aliphatic carbocycles. The first-order valence-corrected chi connectivity index (χ1v) is 10.0. The highest BCUT2D eigenvalue weighted by molar-refractivity contribution is 7.09. The van der Waals surface area contributed by atoms with E-state index in [9.17, 15) is 4.79 Å². The number of carbonyl (C=O) groups excluding carboxylic acids is 1. The van der Waals surface area contributed by atoms with E-state index in [0.717, 1.165) is 38.7 Å². The molecule has 0 bridgehead atoms. The van der Waals surface area contributed by atoms with E-state index < -0.39 is 0 Å². The summed E-state index contributed by atoms with van der Waals surface area (Å²) in [4.78, 5) is 19.1. The molecule has 5 rings (SSSR count). The molecule has 1 amide bonds. The van der Waals surface area contributed by atoms with Gasteiger partial charge in [0.05, 0.1) is 22.9 Å². The molecule has 138 valence electrons. The summed E-state index contributed by atoms with van der Waals surface area (Å²) in [7, 11) is 0. The molecule has 0 atom stereocenters. The molecule has 0 unspecified atom stereocenters. The fraction of sp³-hybridized carbons (Fsp3) is 0.130. The average molecular weight is 386 g/mol. The molecule has 5 heteroatoms. The predicted octanol–water partition coefficient (Wildman–Crippen LogP) is 5.20. The molecule has 4 nitrogen and oxygen atoms in total. The number of hydrogen-bond acceptors (Lipinski definition) is 4. The molecule has 1 aliphatic heterocycles. The smallest absolute Gasteiger partial charge is 0.265 e. The number of hydrogen-bond donors (Lipinski definition) is 0. The van der Waals surface area contributed by atoms with Gasteiger partial charge in [0, 0.05) is 10.9 Å². The first-order valence-electron chi connectivity index (χ1n) is 9.15. The number of aromatic nitrogens is 1. The summed E-state index contributed by atoms with van der Waals surface area (Å²) >= 11 is 1.62. The monoisotopic (exact) mass is 386 g/mol. The van der Waals surface area contributed by atoms with E-state index >= 15 is 0 Å². The second-order valence-electron chi connectivity index (χ2n) is 6.84. The van der Waals surface area contributed by atoms with Gasteiger partial charge in [-0.05, 0) is 41.5 Å². The van der Waals surface area contributed by atoms with Crippen LogP contribution in [0.25, 0.3) is 22.0 Å². The summed E-state index contributed by atoms with van der Waals surface area (Å²) < 4.78 is 5.68. The molecule has 0 saturated carbocycles. The minimum absolute atomic E-state index is 0.0351. The van der Waals surface area contributed by atoms with Gasteiger partial charge < -0.3 is 9.64 Å². The summed E-state index contributed by atoms with van der Waals surface area (Å²) in [6.45, 7) is 2.56. The van der Waals surface area contributed by atoms with E-state index in [1.807, 2.05) is 53.6 Å². The quantitative estimate of drug-likeness (QED) is 0.486. The summed E-state index contributed by atoms with van der Waals surface area (Å²) in [5.41, 5.74) is 3.83. The summed E-state index contributed by atoms with van der Waals surface area (Å²) in [5, 5.41) is 5.40. The fourth-order valence-electron chi connectivity index (χ4n) is 3.63. The Balaban J connectivity index is 1.58. The maximum absolute atomic E-state index is 12.7. The van der Waals surface area contributed by atoms with Crippen LogP contribution in [0.3, 0.4) is 0 Å². The van der Waals surface area contributed by atoms with Crippen LogP contribution in [0.15, 0.2) is 66.0 Å². The predicted molar refractivity (Wildman–Crippen MR) is 113 cm³/mol. The van der Waals surface area contributed by atoms with Crippen molar-refractivity contribution < 1.29 is 9.53 Å². The minimum atomic E-state index is -0.0351. The Bertz CT molecular complexity index is 1190. The topological polar surface area (TPSA) is 42.4 Å². The van der Waals surface area contributed by atoms with Crippen molar-refractivity contribution in [1.29, 1.82) is 0 Å². The highest BCUT2D eigenvalue weighted by atomic mass is 32.1. The maximum atomic E-state index is 12.7. The normalized spacial score (nSPS) is 13.5. The molecule has 0 radical (unpaired) electrons. The van der Waals surface area contributed by atoms with Gasteiger partial charge in [0.2, 0.25) is 0 Å². The molecule has 3 aromatic carbocycles. The Hall–Kier alpha value is -3.18. The van der Waals surface area contributed by atoms with Crippen LogP contribution in [0.5, 0.6) is 5.75 Å². The van der Waals surface area contributed by atoms with Crippen LogP contribution < -0.4 is 9.64 Å². The van der Waals surface area contributed by atoms with E-state index in [-0.39, 0.29) is 12.5 Å². The lowest BCUT2D eigenvalue weighted by atomic mass is 10.0. The second kappa shape index (κ2) is 6.77. The van der Waals surface area contributed by atoms with Gasteiger partial charge in [-0.15, -0.1) is 11.3 Å². The van der Waals surface area contributed by atoms with Crippen molar-refractivity contribution in [2.45, 2.75) is 13.5 Å². The lowest BCUT2D eigenvalue weighted by Crippen LogP contribution is -2.38. The standard InChI is InChI=1S/C23H18N2O2S/c1-15-24-20(14-28-15)17-9-10-22-21(11-17)25(23(26)13-27-22)12-18-7-4-6-16-5-2-3-8-19(16)18/h2-11,14H,12-13H2,1H3. The maximum Gasteiger partial charge on any atom is 0.265 e. The van der Waals surface area contributed by atoms with Gasteiger partial charge in [0.15, 0.2) is 6.61 Å². The van der Waals surface area contributed by atoms with Crippen LogP contribution in [0.4, 0.5) is 5.69 Å². The number of aryl methyl sites for hydroxylation is 1. The first kappa shape index (κ1) is 17.0. The molecule has 0 spiro atoms. The largest absolute Gasteiger partial charge is 0.482 e. The van der Waals surface area contributed by atoms with Crippen LogP contribution in [-0.4, -0.2) is 17.5 Å². The Labute approximate surface area is 167 Å². The van der Waals surface area contributed by atoms with Crippen molar-refractivity contribution >= 4 is 33.7 Å². The van der Waals surface area contributed by atoms with E-state index in [2.05, 4.69) is 29.2 Å². The molecule has 28 heavy (non-hydrogen) atoms. The van der Waals surface area contributed by atoms with Gasteiger partial charge in [-0.2, -0.15) is 0 Å². The Kier molecular flexibility index (Phi) is 4.10. The number of fused-ring (bicyclic) bond motifs is 2. The number of carbonyl (C=O) groups is 1. The van der Waals surface area contributed by atoms with Crippen LogP contribution >= 0.6 is 11.3 Å². The number of benzene rings is 3. The van der Waals surface area contributed by atoms with Gasteiger partial charge >= 0.3 is 0 Å². The number of rotatable bonds is 3. The number of amides is 1. The third kappa shape index (κ3) is 2.94. The molecule has 1 aromatic heterocycles. The Morgan fingerprint density at radius 3 is 2.82 bits per heavy atom. The summed E-state index contributed by atoms with van der Waals surface area (Å²) in [5.74, 6) is 0.697. The zero-order valence-corrected chi connectivity index (χ0v) is 16.2. The summed E-state index contributed by atoms with van der Waals surface area (Å²) in [6, 6.07) is 20.4. The van der Waals surface area contributed by atoms with E-state index in [1.54, 1.807) is 11.3 Å². The van der Waals surface area contributed by atoms with E-state index in [4.69, 9.17) is 4.74 Å².